The average molecular weight is 423 g/mol. The molecule has 1 fully saturated rings. The van der Waals surface area contributed by atoms with Gasteiger partial charge in [-0.15, -0.1) is 0 Å². The van der Waals surface area contributed by atoms with Gasteiger partial charge in [-0.25, -0.2) is 4.79 Å². The third kappa shape index (κ3) is 5.91. The molecule has 0 radical (unpaired) electrons. The molecule has 0 saturated carbocycles. The first-order valence-corrected chi connectivity index (χ1v) is 10.1. The number of likely N-dealkylation sites (tertiary alicyclic amines) is 1. The molecule has 1 saturated heterocycles. The minimum absolute atomic E-state index is 0.102. The molecule has 162 valence electrons. The Morgan fingerprint density at radius 3 is 1.94 bits per heavy atom. The van der Waals surface area contributed by atoms with E-state index in [9.17, 15) is 19.2 Å². The molecule has 3 amide bonds. The Kier molecular flexibility index (Phi) is 7.02. The van der Waals surface area contributed by atoms with Gasteiger partial charge in [0, 0.05) is 43.9 Å². The number of rotatable bonds is 6. The summed E-state index contributed by atoms with van der Waals surface area (Å²) in [6.07, 6.45) is 0.750. The van der Waals surface area contributed by atoms with E-state index in [0.717, 1.165) is 12.8 Å². The van der Waals surface area contributed by atoms with Gasteiger partial charge in [0.1, 0.15) is 0 Å². The van der Waals surface area contributed by atoms with E-state index in [1.165, 1.54) is 32.0 Å². The molecule has 8 heteroatoms. The molecular formula is C23H25N3O5. The highest BCUT2D eigenvalue weighted by atomic mass is 16.5. The summed E-state index contributed by atoms with van der Waals surface area (Å²) in [4.78, 5) is 50.7. The van der Waals surface area contributed by atoms with Gasteiger partial charge in [-0.05, 0) is 31.0 Å². The lowest BCUT2D eigenvalue weighted by Gasteiger charge is -2.23. The van der Waals surface area contributed by atoms with E-state index >= 15 is 0 Å². The third-order valence-electron chi connectivity index (χ3n) is 4.78. The van der Waals surface area contributed by atoms with Crippen LogP contribution in [0.1, 0.15) is 48.7 Å². The Balaban J connectivity index is 1.90. The number of hydrogen-bond acceptors (Lipinski definition) is 5. The normalized spacial score (nSPS) is 13.9. The Morgan fingerprint density at radius 1 is 0.871 bits per heavy atom. The van der Waals surface area contributed by atoms with Crippen molar-refractivity contribution in [3.8, 4) is 0 Å². The zero-order valence-electron chi connectivity index (χ0n) is 17.5. The molecule has 1 aliphatic rings. The summed E-state index contributed by atoms with van der Waals surface area (Å²) in [6, 6.07) is 13.3. The zero-order valence-corrected chi connectivity index (χ0v) is 17.5. The van der Waals surface area contributed by atoms with Gasteiger partial charge in [0.25, 0.3) is 5.91 Å². The highest BCUT2D eigenvalue weighted by Crippen LogP contribution is 2.26. The largest absolute Gasteiger partial charge is 0.444 e. The number of benzene rings is 2. The van der Waals surface area contributed by atoms with Gasteiger partial charge in [0.15, 0.2) is 0 Å². The minimum atomic E-state index is -1.08. The molecule has 0 bridgehead atoms. The maximum atomic E-state index is 13.1. The summed E-state index contributed by atoms with van der Waals surface area (Å²) in [5.74, 6) is -1.66. The lowest BCUT2D eigenvalue weighted by molar-refractivity contribution is -0.140. The summed E-state index contributed by atoms with van der Waals surface area (Å²) >= 11 is 0. The van der Waals surface area contributed by atoms with E-state index in [1.54, 1.807) is 29.2 Å². The zero-order chi connectivity index (χ0) is 22.4. The minimum Gasteiger partial charge on any atom is -0.444 e. The SMILES string of the molecule is CC(=O)Nc1cc(NC(C)=O)cc(C(=O)OC(C(=O)N2CCCC2)c2ccccc2)c1. The number of anilines is 2. The number of hydrogen-bond donors (Lipinski definition) is 2. The van der Waals surface area contributed by atoms with E-state index in [4.69, 9.17) is 4.74 Å². The Hall–Kier alpha value is -3.68. The molecule has 8 nitrogen and oxygen atoms in total. The van der Waals surface area contributed by atoms with E-state index in [0.29, 0.717) is 30.0 Å². The standard InChI is InChI=1S/C23H25N3O5/c1-15(27)24-19-12-18(13-20(14-19)25-16(2)28)23(30)31-21(17-8-4-3-5-9-17)22(29)26-10-6-7-11-26/h3-5,8-9,12-14,21H,6-7,10-11H2,1-2H3,(H,24,27)(H,25,28). The van der Waals surface area contributed by atoms with Crippen LogP contribution in [0.3, 0.4) is 0 Å². The van der Waals surface area contributed by atoms with Gasteiger partial charge in [0.05, 0.1) is 5.56 Å². The van der Waals surface area contributed by atoms with Crippen LogP contribution in [0.15, 0.2) is 48.5 Å². The molecule has 1 heterocycles. The summed E-state index contributed by atoms with van der Waals surface area (Å²) in [7, 11) is 0. The molecule has 2 aromatic rings. The van der Waals surface area contributed by atoms with Crippen molar-refractivity contribution in [2.75, 3.05) is 23.7 Å². The molecular weight excluding hydrogens is 398 g/mol. The summed E-state index contributed by atoms with van der Waals surface area (Å²) < 4.78 is 5.66. The summed E-state index contributed by atoms with van der Waals surface area (Å²) in [5, 5.41) is 5.19. The fraction of sp³-hybridized carbons (Fsp3) is 0.304. The van der Waals surface area contributed by atoms with E-state index in [2.05, 4.69) is 10.6 Å². The van der Waals surface area contributed by atoms with Crippen LogP contribution in [0, 0.1) is 0 Å². The van der Waals surface area contributed by atoms with Gasteiger partial charge in [-0.1, -0.05) is 30.3 Å². The van der Waals surface area contributed by atoms with Gasteiger partial charge in [0.2, 0.25) is 17.9 Å². The second kappa shape index (κ2) is 9.88. The van der Waals surface area contributed by atoms with Crippen LogP contribution < -0.4 is 10.6 Å². The molecule has 1 unspecified atom stereocenters. The second-order valence-corrected chi connectivity index (χ2v) is 7.39. The smallest absolute Gasteiger partial charge is 0.339 e. The van der Waals surface area contributed by atoms with Crippen LogP contribution in [0.4, 0.5) is 11.4 Å². The predicted octanol–water partition coefficient (Wildman–Crippen LogP) is 3.12. The van der Waals surface area contributed by atoms with Crippen molar-refractivity contribution >= 4 is 35.1 Å². The number of nitrogens with one attached hydrogen (secondary N) is 2. The number of nitrogens with zero attached hydrogens (tertiary/aromatic N) is 1. The average Bonchev–Trinajstić information content (AvgIpc) is 3.25. The number of carbonyl (C=O) groups excluding carboxylic acids is 4. The topological polar surface area (TPSA) is 105 Å². The van der Waals surface area contributed by atoms with Crippen LogP contribution in [0.5, 0.6) is 0 Å². The van der Waals surface area contributed by atoms with Crippen LogP contribution >= 0.6 is 0 Å². The highest BCUT2D eigenvalue weighted by molar-refractivity contribution is 5.98. The van der Waals surface area contributed by atoms with Crippen molar-refractivity contribution in [3.05, 3.63) is 59.7 Å². The number of ether oxygens (including phenoxy) is 1. The summed E-state index contributed by atoms with van der Waals surface area (Å²) in [6.45, 7) is 3.93. The van der Waals surface area contributed by atoms with E-state index in [1.807, 2.05) is 6.07 Å². The molecule has 1 atom stereocenters. The molecule has 0 aliphatic carbocycles. The van der Waals surface area contributed by atoms with Crippen molar-refractivity contribution in [2.24, 2.45) is 0 Å². The third-order valence-corrected chi connectivity index (χ3v) is 4.78. The van der Waals surface area contributed by atoms with Crippen molar-refractivity contribution in [3.63, 3.8) is 0 Å². The predicted molar refractivity (Wildman–Crippen MR) is 115 cm³/mol. The number of carbonyl (C=O) groups is 4. The maximum Gasteiger partial charge on any atom is 0.339 e. The van der Waals surface area contributed by atoms with Crippen molar-refractivity contribution < 1.29 is 23.9 Å². The monoisotopic (exact) mass is 423 g/mol. The van der Waals surface area contributed by atoms with Gasteiger partial charge in [-0.3, -0.25) is 14.4 Å². The van der Waals surface area contributed by atoms with E-state index < -0.39 is 12.1 Å². The molecule has 0 aromatic heterocycles. The van der Waals surface area contributed by atoms with Gasteiger partial charge >= 0.3 is 5.97 Å². The quantitative estimate of drug-likeness (QED) is 0.695. The molecule has 2 N–H and O–H groups in total. The van der Waals surface area contributed by atoms with Crippen molar-refractivity contribution in [1.29, 1.82) is 0 Å². The maximum absolute atomic E-state index is 13.1. The number of esters is 1. The lowest BCUT2D eigenvalue weighted by atomic mass is 10.1. The molecule has 1 aliphatic heterocycles. The highest BCUT2D eigenvalue weighted by Gasteiger charge is 2.31. The van der Waals surface area contributed by atoms with Crippen molar-refractivity contribution in [1.82, 2.24) is 4.90 Å². The molecule has 31 heavy (non-hydrogen) atoms. The molecule has 0 spiro atoms. The van der Waals surface area contributed by atoms with Crippen LogP contribution in [-0.4, -0.2) is 41.7 Å². The fourth-order valence-electron chi connectivity index (χ4n) is 3.46. The van der Waals surface area contributed by atoms with Crippen LogP contribution in [-0.2, 0) is 19.1 Å². The first-order valence-electron chi connectivity index (χ1n) is 10.1. The Morgan fingerprint density at radius 2 is 1.42 bits per heavy atom. The number of amides is 3. The second-order valence-electron chi connectivity index (χ2n) is 7.39. The first kappa shape index (κ1) is 22.0. The first-order chi connectivity index (χ1) is 14.8. The molecule has 3 rings (SSSR count). The van der Waals surface area contributed by atoms with Gasteiger partial charge < -0.3 is 20.3 Å². The Bertz CT molecular complexity index is 950. The van der Waals surface area contributed by atoms with Gasteiger partial charge in [-0.2, -0.15) is 0 Å². The summed E-state index contributed by atoms with van der Waals surface area (Å²) in [5.41, 5.74) is 1.33. The van der Waals surface area contributed by atoms with E-state index in [-0.39, 0.29) is 23.3 Å². The Labute approximate surface area is 180 Å². The lowest BCUT2D eigenvalue weighted by Crippen LogP contribution is -2.34. The molecule has 2 aromatic carbocycles. The van der Waals surface area contributed by atoms with Crippen molar-refractivity contribution in [2.45, 2.75) is 32.8 Å². The van der Waals surface area contributed by atoms with Crippen LogP contribution in [0.25, 0.3) is 0 Å². The van der Waals surface area contributed by atoms with Crippen LogP contribution in [0.2, 0.25) is 0 Å². The fourth-order valence-corrected chi connectivity index (χ4v) is 3.46.